The Morgan fingerprint density at radius 3 is 3.04 bits per heavy atom. The molecule has 26 heavy (non-hydrogen) atoms. The Hall–Kier alpha value is -3.69. The molecule has 2 aliphatic rings. The van der Waals surface area contributed by atoms with Crippen LogP contribution in [0.2, 0.25) is 0 Å². The lowest BCUT2D eigenvalue weighted by molar-refractivity contribution is 0.0600. The fraction of sp³-hybridized carbons (Fsp3) is 0.188. The molecule has 0 amide bonds. The minimum Gasteiger partial charge on any atom is -0.465 e. The van der Waals surface area contributed by atoms with Crippen molar-refractivity contribution in [3.8, 4) is 22.8 Å². The molecule has 0 bridgehead atoms. The number of carbonyl (C=O) groups is 1. The van der Waals surface area contributed by atoms with Crippen LogP contribution in [0, 0.1) is 0 Å². The van der Waals surface area contributed by atoms with Gasteiger partial charge in [-0.3, -0.25) is 4.79 Å². The summed E-state index contributed by atoms with van der Waals surface area (Å²) in [5.74, 6) is 0.695. The first-order valence-corrected chi connectivity index (χ1v) is 7.68. The number of nitrogens with one attached hydrogen (secondary N) is 1. The zero-order valence-electron chi connectivity index (χ0n) is 13.6. The highest BCUT2D eigenvalue weighted by atomic mass is 16.5. The van der Waals surface area contributed by atoms with Crippen LogP contribution in [-0.4, -0.2) is 38.0 Å². The zero-order valence-corrected chi connectivity index (χ0v) is 13.6. The van der Waals surface area contributed by atoms with Gasteiger partial charge in [-0.2, -0.15) is 10.1 Å². The summed E-state index contributed by atoms with van der Waals surface area (Å²) in [5, 5.41) is 10.1. The number of fused-ring (bicyclic) bond motifs is 1. The van der Waals surface area contributed by atoms with E-state index in [-0.39, 0.29) is 16.8 Å². The molecule has 0 aliphatic carbocycles. The van der Waals surface area contributed by atoms with Crippen LogP contribution in [0.15, 0.2) is 44.5 Å². The van der Waals surface area contributed by atoms with Gasteiger partial charge in [0.05, 0.1) is 18.9 Å². The van der Waals surface area contributed by atoms with Crippen molar-refractivity contribution in [2.75, 3.05) is 7.11 Å². The molecule has 2 aliphatic heterocycles. The van der Waals surface area contributed by atoms with Gasteiger partial charge in [0.15, 0.2) is 5.76 Å². The fourth-order valence-electron chi connectivity index (χ4n) is 2.57. The number of rotatable bonds is 5. The highest BCUT2D eigenvalue weighted by molar-refractivity contribution is 5.95. The normalized spacial score (nSPS) is 11.1. The average molecular weight is 355 g/mol. The van der Waals surface area contributed by atoms with E-state index in [4.69, 9.17) is 13.7 Å². The van der Waals surface area contributed by atoms with E-state index in [1.807, 2.05) is 0 Å². The van der Waals surface area contributed by atoms with Crippen molar-refractivity contribution in [1.82, 2.24) is 24.9 Å². The van der Waals surface area contributed by atoms with Crippen LogP contribution in [0.1, 0.15) is 16.2 Å². The van der Waals surface area contributed by atoms with Crippen molar-refractivity contribution in [2.45, 2.75) is 13.0 Å². The van der Waals surface area contributed by atoms with Crippen molar-refractivity contribution in [3.05, 3.63) is 52.6 Å². The smallest absolute Gasteiger partial charge is 0.341 e. The number of ether oxygens (including phenoxy) is 1. The summed E-state index contributed by atoms with van der Waals surface area (Å²) in [7, 11) is 1.27. The van der Waals surface area contributed by atoms with Gasteiger partial charge in [0.1, 0.15) is 11.3 Å². The van der Waals surface area contributed by atoms with E-state index in [2.05, 4.69) is 20.3 Å². The second-order valence-corrected chi connectivity index (χ2v) is 5.46. The van der Waals surface area contributed by atoms with E-state index in [1.165, 1.54) is 13.4 Å². The van der Waals surface area contributed by atoms with E-state index >= 15 is 0 Å². The number of pyridine rings is 1. The Labute approximate surface area is 145 Å². The van der Waals surface area contributed by atoms with Gasteiger partial charge in [-0.05, 0) is 12.1 Å². The van der Waals surface area contributed by atoms with E-state index in [0.717, 1.165) is 0 Å². The van der Waals surface area contributed by atoms with Gasteiger partial charge in [0.2, 0.25) is 11.7 Å². The molecule has 0 saturated carbocycles. The summed E-state index contributed by atoms with van der Waals surface area (Å²) in [6.45, 7) is 0.407. The molecule has 0 radical (unpaired) electrons. The van der Waals surface area contributed by atoms with Gasteiger partial charge >= 0.3 is 5.97 Å². The molecule has 2 aromatic heterocycles. The molecule has 10 heteroatoms. The van der Waals surface area contributed by atoms with Gasteiger partial charge < -0.3 is 18.2 Å². The molecule has 4 heterocycles. The Balaban J connectivity index is 1.59. The summed E-state index contributed by atoms with van der Waals surface area (Å²) >= 11 is 0. The number of furan rings is 1. The molecule has 10 nitrogen and oxygen atoms in total. The minimum absolute atomic E-state index is 0.199. The standard InChI is InChI=1S/C16H13N5O5/c1-24-16(23)10-8-21(7-9-13(10)18-19-15(9)22)5-4-12-17-14(20-26-12)11-3-2-6-25-11/h2-3,6-8H,4-5H2,1H3,(H,19,22). The first-order chi connectivity index (χ1) is 12.7. The Kier molecular flexibility index (Phi) is 3.84. The van der Waals surface area contributed by atoms with Crippen LogP contribution in [0.25, 0.3) is 22.8 Å². The highest BCUT2D eigenvalue weighted by Gasteiger charge is 2.22. The first-order valence-electron chi connectivity index (χ1n) is 7.68. The van der Waals surface area contributed by atoms with Crippen LogP contribution in [0.5, 0.6) is 0 Å². The van der Waals surface area contributed by atoms with Crippen molar-refractivity contribution >= 4 is 5.97 Å². The zero-order chi connectivity index (χ0) is 18.1. The summed E-state index contributed by atoms with van der Waals surface area (Å²) in [4.78, 5) is 28.1. The van der Waals surface area contributed by atoms with Gasteiger partial charge in [-0.1, -0.05) is 5.16 Å². The second kappa shape index (κ2) is 6.31. The molecule has 1 N–H and O–H groups in total. The number of esters is 1. The maximum absolute atomic E-state index is 12.0. The van der Waals surface area contributed by atoms with Crippen LogP contribution in [0.4, 0.5) is 0 Å². The molecule has 0 fully saturated rings. The second-order valence-electron chi connectivity index (χ2n) is 5.46. The van der Waals surface area contributed by atoms with Crippen LogP contribution in [0.3, 0.4) is 0 Å². The van der Waals surface area contributed by atoms with E-state index < -0.39 is 5.97 Å². The number of aromatic amines is 1. The number of hydrogen-bond acceptors (Lipinski definition) is 8. The van der Waals surface area contributed by atoms with Gasteiger partial charge in [-0.25, -0.2) is 9.89 Å². The third-order valence-electron chi connectivity index (χ3n) is 3.81. The summed E-state index contributed by atoms with van der Waals surface area (Å²) < 4.78 is 16.9. The van der Waals surface area contributed by atoms with Crippen molar-refractivity contribution in [2.24, 2.45) is 0 Å². The number of H-pyrrole nitrogens is 1. The lowest BCUT2D eigenvalue weighted by Crippen LogP contribution is -2.13. The number of methoxy groups -OCH3 is 1. The lowest BCUT2D eigenvalue weighted by atomic mass is 10.1. The molecule has 0 spiro atoms. The predicted molar refractivity (Wildman–Crippen MR) is 86.5 cm³/mol. The van der Waals surface area contributed by atoms with Gasteiger partial charge in [-0.15, -0.1) is 0 Å². The molecular weight excluding hydrogens is 342 g/mol. The third kappa shape index (κ3) is 2.77. The van der Waals surface area contributed by atoms with Gasteiger partial charge in [0.25, 0.3) is 5.56 Å². The van der Waals surface area contributed by atoms with Crippen molar-refractivity contribution < 1.29 is 18.5 Å². The number of carbonyl (C=O) groups excluding carboxylic acids is 1. The van der Waals surface area contributed by atoms with E-state index in [9.17, 15) is 9.59 Å². The Morgan fingerprint density at radius 2 is 2.27 bits per heavy atom. The summed E-state index contributed by atoms with van der Waals surface area (Å²) in [5.41, 5.74) is 0.397. The molecular formula is C16H13N5O5. The number of nitrogens with zero attached hydrogens (tertiary/aromatic N) is 4. The molecule has 132 valence electrons. The third-order valence-corrected chi connectivity index (χ3v) is 3.81. The molecule has 4 rings (SSSR count). The van der Waals surface area contributed by atoms with Crippen LogP contribution in [-0.2, 0) is 17.7 Å². The van der Waals surface area contributed by atoms with Crippen molar-refractivity contribution in [3.63, 3.8) is 0 Å². The first kappa shape index (κ1) is 15.8. The molecule has 0 unspecified atom stereocenters. The number of hydrogen-bond donors (Lipinski definition) is 1. The van der Waals surface area contributed by atoms with Crippen LogP contribution >= 0.6 is 0 Å². The SMILES string of the molecule is COC(=O)c1cn(CCc2nc(-c3ccco3)no2)cc2c(=O)[nH]nc1-2. The maximum Gasteiger partial charge on any atom is 0.341 e. The molecule has 2 aromatic rings. The number of aryl methyl sites for hydroxylation is 2. The van der Waals surface area contributed by atoms with Crippen LogP contribution < -0.4 is 5.56 Å². The number of aromatic nitrogens is 5. The maximum atomic E-state index is 12.0. The topological polar surface area (TPSA) is 129 Å². The lowest BCUT2D eigenvalue weighted by Gasteiger charge is -2.10. The molecule has 0 atom stereocenters. The summed E-state index contributed by atoms with van der Waals surface area (Å²) in [6, 6.07) is 3.46. The average Bonchev–Trinajstić information content (AvgIpc) is 3.40. The molecule has 0 saturated heterocycles. The predicted octanol–water partition coefficient (Wildman–Crippen LogP) is 1.35. The largest absolute Gasteiger partial charge is 0.465 e. The van der Waals surface area contributed by atoms with E-state index in [0.29, 0.717) is 36.0 Å². The monoisotopic (exact) mass is 355 g/mol. The molecule has 0 aromatic carbocycles. The fourth-order valence-corrected chi connectivity index (χ4v) is 2.57. The minimum atomic E-state index is -0.575. The highest BCUT2D eigenvalue weighted by Crippen LogP contribution is 2.21. The van der Waals surface area contributed by atoms with Gasteiger partial charge in [0, 0.05) is 25.4 Å². The quantitative estimate of drug-likeness (QED) is 0.531. The van der Waals surface area contributed by atoms with E-state index in [1.54, 1.807) is 29.1 Å². The Bertz CT molecular complexity index is 1070. The Morgan fingerprint density at radius 1 is 1.38 bits per heavy atom. The van der Waals surface area contributed by atoms with Crippen molar-refractivity contribution in [1.29, 1.82) is 0 Å². The summed E-state index contributed by atoms with van der Waals surface area (Å²) in [6.07, 6.45) is 5.10.